The summed E-state index contributed by atoms with van der Waals surface area (Å²) >= 11 is 0. The predicted octanol–water partition coefficient (Wildman–Crippen LogP) is -0.529. The molecule has 0 aliphatic rings. The third-order valence-electron chi connectivity index (χ3n) is 1.70. The molecule has 70 valence electrons. The highest BCUT2D eigenvalue weighted by atomic mass is 16.4. The molecule has 0 atom stereocenters. The maximum atomic E-state index is 10.6. The highest BCUT2D eigenvalue weighted by Crippen LogP contribution is 1.84. The second kappa shape index (κ2) is 3.80. The lowest BCUT2D eigenvalue weighted by molar-refractivity contribution is 0.0691. The Labute approximate surface area is 75.6 Å². The summed E-state index contributed by atoms with van der Waals surface area (Å²) in [6, 6.07) is 1.59. The van der Waals surface area contributed by atoms with Gasteiger partial charge in [0.25, 0.3) is 0 Å². The van der Waals surface area contributed by atoms with Gasteiger partial charge in [-0.3, -0.25) is 0 Å². The van der Waals surface area contributed by atoms with Gasteiger partial charge < -0.3 is 15.4 Å². The summed E-state index contributed by atoms with van der Waals surface area (Å²) in [7, 11) is 1.77. The smallest absolute Gasteiger partial charge is 0.352 e. The van der Waals surface area contributed by atoms with Crippen molar-refractivity contribution in [3.63, 3.8) is 0 Å². The zero-order valence-electron chi connectivity index (χ0n) is 7.59. The summed E-state index contributed by atoms with van der Waals surface area (Å²) in [5, 5.41) is 13.2. The Kier molecular flexibility index (Phi) is 2.74. The molecular formula is C9H12N2O2. The number of H-pyrrole nitrogens is 1. The Morgan fingerprint density at radius 1 is 1.69 bits per heavy atom. The van der Waals surface area contributed by atoms with Crippen LogP contribution in [0.5, 0.6) is 0 Å². The van der Waals surface area contributed by atoms with Crippen LogP contribution in [0.3, 0.4) is 0 Å². The van der Waals surface area contributed by atoms with E-state index in [1.807, 2.05) is 13.0 Å². The molecule has 0 spiro atoms. The second-order valence-electron chi connectivity index (χ2n) is 2.58. The van der Waals surface area contributed by atoms with Crippen LogP contribution in [0, 0.1) is 0 Å². The summed E-state index contributed by atoms with van der Waals surface area (Å²) in [4.78, 5) is 13.4. The zero-order chi connectivity index (χ0) is 9.84. The number of aromatic nitrogens is 1. The van der Waals surface area contributed by atoms with E-state index >= 15 is 0 Å². The molecule has 0 aromatic carbocycles. The molecule has 1 heterocycles. The van der Waals surface area contributed by atoms with E-state index in [0.717, 1.165) is 10.6 Å². The first kappa shape index (κ1) is 9.38. The molecule has 0 radical (unpaired) electrons. The Morgan fingerprint density at radius 3 is 2.85 bits per heavy atom. The molecule has 4 heteroatoms. The van der Waals surface area contributed by atoms with Crippen molar-refractivity contribution in [2.45, 2.75) is 6.92 Å². The van der Waals surface area contributed by atoms with Gasteiger partial charge in [0.05, 0.1) is 0 Å². The van der Waals surface area contributed by atoms with E-state index in [2.05, 4.69) is 10.3 Å². The third-order valence-corrected chi connectivity index (χ3v) is 1.70. The first-order chi connectivity index (χ1) is 6.19. The monoisotopic (exact) mass is 180 g/mol. The van der Waals surface area contributed by atoms with E-state index in [1.165, 1.54) is 0 Å². The predicted molar refractivity (Wildman–Crippen MR) is 50.7 cm³/mol. The minimum atomic E-state index is -0.946. The fraction of sp³-hybridized carbons (Fsp3) is 0.222. The molecule has 1 rings (SSSR count). The number of nitrogens with one attached hydrogen (secondary N) is 2. The van der Waals surface area contributed by atoms with E-state index in [1.54, 1.807) is 19.3 Å². The Hall–Kier alpha value is -1.71. The maximum absolute atomic E-state index is 10.6. The van der Waals surface area contributed by atoms with Crippen LogP contribution in [0.25, 0.3) is 12.3 Å². The minimum absolute atomic E-state index is 0.203. The van der Waals surface area contributed by atoms with E-state index in [0.29, 0.717) is 0 Å². The molecule has 13 heavy (non-hydrogen) atoms. The first-order valence-electron chi connectivity index (χ1n) is 3.95. The van der Waals surface area contributed by atoms with Crippen molar-refractivity contribution in [3.05, 3.63) is 22.3 Å². The molecule has 0 unspecified atom stereocenters. The van der Waals surface area contributed by atoms with E-state index in [4.69, 9.17) is 5.11 Å². The fourth-order valence-corrected chi connectivity index (χ4v) is 1.12. The van der Waals surface area contributed by atoms with Crippen LogP contribution in [-0.2, 0) is 0 Å². The molecule has 4 nitrogen and oxygen atoms in total. The molecule has 0 bridgehead atoms. The standard InChI is InChI=1S/C9H12N2O2/c1-3-7-6(5-10-2)4-8(11-7)9(12)13/h3-5,10-11H,1-2H3,(H,12,13)/b6-5-,7-3+. The molecule has 0 saturated heterocycles. The van der Waals surface area contributed by atoms with Crippen LogP contribution in [0.2, 0.25) is 0 Å². The summed E-state index contributed by atoms with van der Waals surface area (Å²) < 4.78 is 0. The van der Waals surface area contributed by atoms with Crippen LogP contribution in [0.4, 0.5) is 0 Å². The van der Waals surface area contributed by atoms with Crippen LogP contribution in [-0.4, -0.2) is 23.1 Å². The van der Waals surface area contributed by atoms with Crippen molar-refractivity contribution in [1.82, 2.24) is 10.3 Å². The number of carbonyl (C=O) groups is 1. The highest BCUT2D eigenvalue weighted by molar-refractivity contribution is 5.85. The molecular weight excluding hydrogens is 168 g/mol. The lowest BCUT2D eigenvalue weighted by atomic mass is 10.4. The summed E-state index contributed by atoms with van der Waals surface area (Å²) in [6.07, 6.45) is 3.58. The van der Waals surface area contributed by atoms with Gasteiger partial charge in [-0.1, -0.05) is 6.08 Å². The van der Waals surface area contributed by atoms with Crippen molar-refractivity contribution in [3.8, 4) is 0 Å². The first-order valence-corrected chi connectivity index (χ1v) is 3.95. The molecule has 0 saturated carbocycles. The van der Waals surface area contributed by atoms with Gasteiger partial charge in [0, 0.05) is 23.8 Å². The van der Waals surface area contributed by atoms with Gasteiger partial charge in [-0.15, -0.1) is 0 Å². The normalized spacial score (nSPS) is 13.4. The Bertz CT molecular complexity index is 417. The number of hydrogen-bond donors (Lipinski definition) is 3. The van der Waals surface area contributed by atoms with Crippen molar-refractivity contribution < 1.29 is 9.90 Å². The quantitative estimate of drug-likeness (QED) is 0.573. The lowest BCUT2D eigenvalue weighted by Gasteiger charge is -1.82. The maximum Gasteiger partial charge on any atom is 0.352 e. The highest BCUT2D eigenvalue weighted by Gasteiger charge is 2.03. The summed E-state index contributed by atoms with van der Waals surface area (Å²) in [6.45, 7) is 1.85. The number of hydrogen-bond acceptors (Lipinski definition) is 2. The van der Waals surface area contributed by atoms with Gasteiger partial charge in [-0.25, -0.2) is 4.79 Å². The number of aromatic carboxylic acids is 1. The lowest BCUT2D eigenvalue weighted by Crippen LogP contribution is -2.23. The molecule has 0 fully saturated rings. The van der Waals surface area contributed by atoms with Gasteiger partial charge >= 0.3 is 5.97 Å². The van der Waals surface area contributed by atoms with Crippen LogP contribution >= 0.6 is 0 Å². The van der Waals surface area contributed by atoms with Gasteiger partial charge in [-0.2, -0.15) is 0 Å². The van der Waals surface area contributed by atoms with Gasteiger partial charge in [0.1, 0.15) is 5.69 Å². The van der Waals surface area contributed by atoms with Crippen LogP contribution in [0.15, 0.2) is 6.07 Å². The van der Waals surface area contributed by atoms with E-state index in [-0.39, 0.29) is 5.69 Å². The third kappa shape index (κ3) is 1.90. The second-order valence-corrected chi connectivity index (χ2v) is 2.58. The van der Waals surface area contributed by atoms with Crippen molar-refractivity contribution >= 4 is 18.2 Å². The number of rotatable bonds is 2. The fourth-order valence-electron chi connectivity index (χ4n) is 1.12. The van der Waals surface area contributed by atoms with Crippen LogP contribution < -0.4 is 15.9 Å². The Balaban J connectivity index is 3.37. The average molecular weight is 180 g/mol. The summed E-state index contributed by atoms with van der Waals surface area (Å²) in [5.74, 6) is -0.946. The van der Waals surface area contributed by atoms with Gasteiger partial charge in [0.15, 0.2) is 0 Å². The zero-order valence-corrected chi connectivity index (χ0v) is 7.59. The number of carboxylic acid groups (broad SMARTS) is 1. The molecule has 0 aliphatic carbocycles. The summed E-state index contributed by atoms with van der Waals surface area (Å²) in [5.41, 5.74) is 0.203. The van der Waals surface area contributed by atoms with Crippen LogP contribution in [0.1, 0.15) is 17.4 Å². The molecule has 1 aromatic rings. The Morgan fingerprint density at radius 2 is 2.38 bits per heavy atom. The van der Waals surface area contributed by atoms with Gasteiger partial charge in [0.2, 0.25) is 0 Å². The molecule has 3 N–H and O–H groups in total. The molecule has 0 aliphatic heterocycles. The topological polar surface area (TPSA) is 65.1 Å². The van der Waals surface area contributed by atoms with Crippen molar-refractivity contribution in [2.24, 2.45) is 0 Å². The number of aromatic amines is 1. The van der Waals surface area contributed by atoms with E-state index < -0.39 is 5.97 Å². The number of carboxylic acids is 1. The SMILES string of the molecule is C/C=c1/[nH]c(C(=O)O)c/c1=C/NC. The molecule has 1 aromatic heterocycles. The average Bonchev–Trinajstić information content (AvgIpc) is 2.48. The largest absolute Gasteiger partial charge is 0.477 e. The van der Waals surface area contributed by atoms with Crippen molar-refractivity contribution in [2.75, 3.05) is 7.05 Å². The minimum Gasteiger partial charge on any atom is -0.477 e. The molecule has 0 amide bonds. The van der Waals surface area contributed by atoms with Gasteiger partial charge in [-0.05, 0) is 13.0 Å². The van der Waals surface area contributed by atoms with E-state index in [9.17, 15) is 4.79 Å². The van der Waals surface area contributed by atoms with Crippen molar-refractivity contribution in [1.29, 1.82) is 0 Å².